The van der Waals surface area contributed by atoms with Gasteiger partial charge in [-0.15, -0.1) is 0 Å². The lowest BCUT2D eigenvalue weighted by molar-refractivity contribution is 0.305. The average molecular weight is 313 g/mol. The number of rotatable bonds is 4. The Bertz CT molecular complexity index is 662. The summed E-state index contributed by atoms with van der Waals surface area (Å²) in [7, 11) is 0. The Morgan fingerprint density at radius 3 is 2.70 bits per heavy atom. The number of ether oxygens (including phenoxy) is 1. The van der Waals surface area contributed by atoms with E-state index in [0.29, 0.717) is 21.9 Å². The van der Waals surface area contributed by atoms with Crippen LogP contribution in [0.5, 0.6) is 5.75 Å². The van der Waals surface area contributed by atoms with Crippen molar-refractivity contribution < 1.29 is 9.13 Å². The van der Waals surface area contributed by atoms with Gasteiger partial charge in [0.1, 0.15) is 24.0 Å². The Balaban J connectivity index is 2.24. The van der Waals surface area contributed by atoms with Crippen molar-refractivity contribution in [2.24, 2.45) is 5.73 Å². The van der Waals surface area contributed by atoms with Gasteiger partial charge in [-0.3, -0.25) is 5.41 Å². The molecule has 0 aromatic heterocycles. The molecule has 0 aliphatic carbocycles. The maximum Gasteiger partial charge on any atom is 0.142 e. The zero-order valence-corrected chi connectivity index (χ0v) is 11.8. The van der Waals surface area contributed by atoms with Gasteiger partial charge in [-0.1, -0.05) is 35.3 Å². The number of benzene rings is 2. The van der Waals surface area contributed by atoms with E-state index in [-0.39, 0.29) is 17.5 Å². The van der Waals surface area contributed by atoms with Crippen LogP contribution in [0.1, 0.15) is 11.1 Å². The third-order valence-corrected chi connectivity index (χ3v) is 3.31. The summed E-state index contributed by atoms with van der Waals surface area (Å²) in [6, 6.07) is 9.22. The van der Waals surface area contributed by atoms with Crippen molar-refractivity contribution in [1.29, 1.82) is 5.41 Å². The number of hydrogen-bond donors (Lipinski definition) is 2. The first-order valence-corrected chi connectivity index (χ1v) is 6.44. The van der Waals surface area contributed by atoms with Crippen LogP contribution in [0.2, 0.25) is 10.0 Å². The van der Waals surface area contributed by atoms with Crippen molar-refractivity contribution in [2.45, 2.75) is 6.61 Å². The maximum absolute atomic E-state index is 13.3. The predicted octanol–water partition coefficient (Wildman–Crippen LogP) is 4.00. The molecule has 0 saturated carbocycles. The summed E-state index contributed by atoms with van der Waals surface area (Å²) in [5, 5.41) is 7.94. The van der Waals surface area contributed by atoms with Crippen LogP contribution in [0.4, 0.5) is 4.39 Å². The van der Waals surface area contributed by atoms with Crippen molar-refractivity contribution in [1.82, 2.24) is 0 Å². The molecule has 0 aliphatic heterocycles. The van der Waals surface area contributed by atoms with Crippen molar-refractivity contribution in [3.63, 3.8) is 0 Å². The molecule has 104 valence electrons. The highest BCUT2D eigenvalue weighted by Crippen LogP contribution is 2.26. The minimum atomic E-state index is -0.509. The lowest BCUT2D eigenvalue weighted by Crippen LogP contribution is -2.13. The molecular weight excluding hydrogens is 302 g/mol. The number of nitrogens with two attached hydrogens (primary N) is 1. The molecule has 2 aromatic carbocycles. The molecule has 0 spiro atoms. The van der Waals surface area contributed by atoms with Crippen molar-refractivity contribution in [3.05, 3.63) is 63.4 Å². The Labute approximate surface area is 125 Å². The molecule has 3 N–H and O–H groups in total. The van der Waals surface area contributed by atoms with Crippen LogP contribution in [0, 0.1) is 11.2 Å². The highest BCUT2D eigenvalue weighted by atomic mass is 35.5. The standard InChI is InChI=1S/C14H11Cl2FN2O/c15-9-4-5-10(14(18)19)12(6-9)20-7-8-2-1-3-11(17)13(8)16/h1-6H,7H2,(H3,18,19). The van der Waals surface area contributed by atoms with Crippen LogP contribution in [0.15, 0.2) is 36.4 Å². The van der Waals surface area contributed by atoms with Gasteiger partial charge in [0.05, 0.1) is 10.6 Å². The molecule has 0 saturated heterocycles. The summed E-state index contributed by atoms with van der Waals surface area (Å²) in [4.78, 5) is 0. The fourth-order valence-electron chi connectivity index (χ4n) is 1.65. The molecule has 0 heterocycles. The van der Waals surface area contributed by atoms with E-state index in [1.54, 1.807) is 30.3 Å². The third-order valence-electron chi connectivity index (χ3n) is 2.65. The lowest BCUT2D eigenvalue weighted by atomic mass is 10.2. The fraction of sp³-hybridized carbons (Fsp3) is 0.0714. The number of nitrogens with one attached hydrogen (secondary N) is 1. The molecule has 20 heavy (non-hydrogen) atoms. The molecule has 3 nitrogen and oxygen atoms in total. The topological polar surface area (TPSA) is 59.1 Å². The van der Waals surface area contributed by atoms with Crippen LogP contribution in [0.3, 0.4) is 0 Å². The Kier molecular flexibility index (Phi) is 4.47. The van der Waals surface area contributed by atoms with Gasteiger partial charge in [-0.2, -0.15) is 0 Å². The second kappa shape index (κ2) is 6.11. The molecule has 0 atom stereocenters. The minimum absolute atomic E-state index is 0.0129. The Morgan fingerprint density at radius 2 is 2.00 bits per heavy atom. The van der Waals surface area contributed by atoms with Gasteiger partial charge >= 0.3 is 0 Å². The smallest absolute Gasteiger partial charge is 0.142 e. The van der Waals surface area contributed by atoms with E-state index in [1.807, 2.05) is 0 Å². The van der Waals surface area contributed by atoms with Gasteiger partial charge in [0, 0.05) is 10.6 Å². The largest absolute Gasteiger partial charge is 0.488 e. The summed E-state index contributed by atoms with van der Waals surface area (Å²) >= 11 is 11.7. The van der Waals surface area contributed by atoms with Gasteiger partial charge in [0.2, 0.25) is 0 Å². The van der Waals surface area contributed by atoms with Crippen molar-refractivity contribution >= 4 is 29.0 Å². The van der Waals surface area contributed by atoms with E-state index in [1.165, 1.54) is 6.07 Å². The molecule has 0 radical (unpaired) electrons. The van der Waals surface area contributed by atoms with E-state index in [9.17, 15) is 4.39 Å². The van der Waals surface area contributed by atoms with E-state index < -0.39 is 5.82 Å². The number of hydrogen-bond acceptors (Lipinski definition) is 2. The molecule has 0 unspecified atom stereocenters. The van der Waals surface area contributed by atoms with E-state index in [4.69, 9.17) is 39.1 Å². The summed E-state index contributed by atoms with van der Waals surface area (Å²) in [6.07, 6.45) is 0. The summed E-state index contributed by atoms with van der Waals surface area (Å²) in [5.74, 6) is -0.294. The van der Waals surface area contributed by atoms with Crippen LogP contribution in [-0.4, -0.2) is 5.84 Å². The van der Waals surface area contributed by atoms with Gasteiger partial charge < -0.3 is 10.5 Å². The highest BCUT2D eigenvalue weighted by Gasteiger charge is 2.10. The minimum Gasteiger partial charge on any atom is -0.488 e. The second-order valence-corrected chi connectivity index (χ2v) is 4.87. The molecule has 2 aromatic rings. The molecule has 0 fully saturated rings. The van der Waals surface area contributed by atoms with E-state index >= 15 is 0 Å². The molecule has 6 heteroatoms. The number of nitrogen functional groups attached to an aromatic ring is 1. The zero-order valence-electron chi connectivity index (χ0n) is 10.3. The molecule has 0 aliphatic rings. The molecular formula is C14H11Cl2FN2O. The van der Waals surface area contributed by atoms with Gasteiger partial charge in [0.25, 0.3) is 0 Å². The molecule has 0 amide bonds. The van der Waals surface area contributed by atoms with Crippen molar-refractivity contribution in [3.8, 4) is 5.75 Å². The average Bonchev–Trinajstić information content (AvgIpc) is 2.40. The predicted molar refractivity (Wildman–Crippen MR) is 78.2 cm³/mol. The SMILES string of the molecule is N=C(N)c1ccc(Cl)cc1OCc1cccc(F)c1Cl. The summed E-state index contributed by atoms with van der Waals surface area (Å²) < 4.78 is 18.9. The maximum atomic E-state index is 13.3. The van der Waals surface area contributed by atoms with E-state index in [2.05, 4.69) is 0 Å². The van der Waals surface area contributed by atoms with Crippen LogP contribution < -0.4 is 10.5 Å². The first-order chi connectivity index (χ1) is 9.49. The van der Waals surface area contributed by atoms with Gasteiger partial charge in [-0.05, 0) is 24.3 Å². The van der Waals surface area contributed by atoms with Gasteiger partial charge in [-0.25, -0.2) is 4.39 Å². The molecule has 2 rings (SSSR count). The summed E-state index contributed by atoms with van der Waals surface area (Å²) in [6.45, 7) is 0.0528. The first-order valence-electron chi connectivity index (χ1n) is 5.68. The lowest BCUT2D eigenvalue weighted by Gasteiger charge is -2.12. The Morgan fingerprint density at radius 1 is 1.25 bits per heavy atom. The highest BCUT2D eigenvalue weighted by molar-refractivity contribution is 6.31. The normalized spacial score (nSPS) is 10.3. The second-order valence-electron chi connectivity index (χ2n) is 4.06. The Hall–Kier alpha value is -1.78. The first kappa shape index (κ1) is 14.6. The van der Waals surface area contributed by atoms with Crippen molar-refractivity contribution in [2.75, 3.05) is 0 Å². The summed E-state index contributed by atoms with van der Waals surface area (Å²) in [5.41, 5.74) is 6.38. The number of halogens is 3. The van der Waals surface area contributed by atoms with Crippen LogP contribution in [-0.2, 0) is 6.61 Å². The van der Waals surface area contributed by atoms with Gasteiger partial charge in [0.15, 0.2) is 0 Å². The third kappa shape index (κ3) is 3.21. The number of amidine groups is 1. The van der Waals surface area contributed by atoms with E-state index in [0.717, 1.165) is 0 Å². The monoisotopic (exact) mass is 312 g/mol. The fourth-order valence-corrected chi connectivity index (χ4v) is 2.00. The zero-order chi connectivity index (χ0) is 14.7. The van der Waals surface area contributed by atoms with Crippen LogP contribution >= 0.6 is 23.2 Å². The quantitative estimate of drug-likeness (QED) is 0.662. The van der Waals surface area contributed by atoms with Crippen LogP contribution in [0.25, 0.3) is 0 Å². The molecule has 0 bridgehead atoms.